The predicted molar refractivity (Wildman–Crippen MR) is 104 cm³/mol. The lowest BCUT2D eigenvalue weighted by Crippen LogP contribution is -2.47. The van der Waals surface area contributed by atoms with Crippen LogP contribution in [0.15, 0.2) is 72.8 Å². The molecule has 0 fully saturated rings. The summed E-state index contributed by atoms with van der Waals surface area (Å²) in [5.41, 5.74) is 1.38. The van der Waals surface area contributed by atoms with Gasteiger partial charge < -0.3 is 5.32 Å². The van der Waals surface area contributed by atoms with Crippen LogP contribution in [0.2, 0.25) is 0 Å². The first-order valence-electron chi connectivity index (χ1n) is 8.59. The van der Waals surface area contributed by atoms with Gasteiger partial charge in [-0.15, -0.1) is 0 Å². The summed E-state index contributed by atoms with van der Waals surface area (Å²) in [6.07, 6.45) is 2.11. The summed E-state index contributed by atoms with van der Waals surface area (Å²) in [5.74, 6) is -0.795. The van der Waals surface area contributed by atoms with Gasteiger partial charge in [-0.3, -0.25) is 14.5 Å². The smallest absolute Gasteiger partial charge is 0.258 e. The van der Waals surface area contributed by atoms with Crippen molar-refractivity contribution in [3.63, 3.8) is 0 Å². The van der Waals surface area contributed by atoms with E-state index in [4.69, 9.17) is 5.26 Å². The van der Waals surface area contributed by atoms with Crippen molar-refractivity contribution in [2.24, 2.45) is 0 Å². The molecule has 3 aromatic carbocycles. The van der Waals surface area contributed by atoms with Gasteiger partial charge in [0.15, 0.2) is 6.19 Å². The summed E-state index contributed by atoms with van der Waals surface area (Å²) in [5, 5.41) is 14.0. The summed E-state index contributed by atoms with van der Waals surface area (Å²) in [4.78, 5) is 26.0. The van der Waals surface area contributed by atoms with Gasteiger partial charge in [0.2, 0.25) is 0 Å². The Morgan fingerprint density at radius 2 is 1.67 bits per heavy atom. The third-order valence-electron chi connectivity index (χ3n) is 4.37. The van der Waals surface area contributed by atoms with Crippen molar-refractivity contribution >= 4 is 22.6 Å². The number of carbonyl (C=O) groups is 2. The van der Waals surface area contributed by atoms with Crippen LogP contribution in [0, 0.1) is 11.5 Å². The van der Waals surface area contributed by atoms with Crippen LogP contribution < -0.4 is 5.32 Å². The molecule has 5 heteroatoms. The van der Waals surface area contributed by atoms with Crippen molar-refractivity contribution in [3.8, 4) is 6.19 Å². The first kappa shape index (κ1) is 18.2. The molecule has 5 nitrogen and oxygen atoms in total. The van der Waals surface area contributed by atoms with E-state index in [0.717, 1.165) is 21.2 Å². The summed E-state index contributed by atoms with van der Waals surface area (Å²) in [6, 6.07) is 21.7. The van der Waals surface area contributed by atoms with E-state index in [0.29, 0.717) is 12.0 Å². The van der Waals surface area contributed by atoms with E-state index in [2.05, 4.69) is 5.32 Å². The number of nitrogens with one attached hydrogen (secondary N) is 1. The van der Waals surface area contributed by atoms with Crippen molar-refractivity contribution < 1.29 is 9.59 Å². The highest BCUT2D eigenvalue weighted by Crippen LogP contribution is 2.17. The second kappa shape index (κ2) is 8.15. The normalized spacial score (nSPS) is 11.4. The largest absolute Gasteiger partial charge is 0.340 e. The average Bonchev–Trinajstić information content (AvgIpc) is 2.72. The Morgan fingerprint density at radius 3 is 2.37 bits per heavy atom. The maximum Gasteiger partial charge on any atom is 0.258 e. The van der Waals surface area contributed by atoms with Crippen molar-refractivity contribution in [3.05, 3.63) is 83.9 Å². The molecule has 0 spiro atoms. The second-order valence-corrected chi connectivity index (χ2v) is 6.27. The third-order valence-corrected chi connectivity index (χ3v) is 4.37. The van der Waals surface area contributed by atoms with Crippen LogP contribution in [0.3, 0.4) is 0 Å². The molecule has 1 N–H and O–H groups in total. The topological polar surface area (TPSA) is 73.2 Å². The first-order valence-corrected chi connectivity index (χ1v) is 8.59. The highest BCUT2D eigenvalue weighted by atomic mass is 16.2. The highest BCUT2D eigenvalue weighted by Gasteiger charge is 2.25. The molecule has 134 valence electrons. The SMILES string of the molecule is CN(C#N)C(=O)C(Cc1ccc2ccccc2c1)NC(=O)c1ccccc1. The molecule has 0 heterocycles. The minimum Gasteiger partial charge on any atom is -0.340 e. The van der Waals surface area contributed by atoms with E-state index in [9.17, 15) is 9.59 Å². The molecule has 0 aliphatic rings. The molecule has 0 aliphatic carbocycles. The minimum absolute atomic E-state index is 0.300. The molecule has 3 aromatic rings. The van der Waals surface area contributed by atoms with Gasteiger partial charge in [-0.25, -0.2) is 0 Å². The van der Waals surface area contributed by atoms with Crippen molar-refractivity contribution in [2.75, 3.05) is 7.05 Å². The molecular weight excluding hydrogens is 338 g/mol. The zero-order valence-electron chi connectivity index (χ0n) is 14.9. The third kappa shape index (κ3) is 4.31. The number of carbonyl (C=O) groups excluding carboxylic acids is 2. The van der Waals surface area contributed by atoms with Gasteiger partial charge in [0.25, 0.3) is 11.8 Å². The molecular formula is C22H19N3O2. The van der Waals surface area contributed by atoms with Crippen LogP contribution in [0.1, 0.15) is 15.9 Å². The van der Waals surface area contributed by atoms with Gasteiger partial charge in [-0.2, -0.15) is 5.26 Å². The van der Waals surface area contributed by atoms with Crippen LogP contribution in [0.4, 0.5) is 0 Å². The molecule has 0 bridgehead atoms. The lowest BCUT2D eigenvalue weighted by atomic mass is 10.0. The quantitative estimate of drug-likeness (QED) is 0.563. The summed E-state index contributed by atoms with van der Waals surface area (Å²) < 4.78 is 0. The summed E-state index contributed by atoms with van der Waals surface area (Å²) >= 11 is 0. The Hall–Kier alpha value is -3.65. The van der Waals surface area contributed by atoms with Crippen molar-refractivity contribution in [2.45, 2.75) is 12.5 Å². The summed E-state index contributed by atoms with van der Waals surface area (Å²) in [6.45, 7) is 0. The molecule has 3 rings (SSSR count). The number of hydrogen-bond donors (Lipinski definition) is 1. The molecule has 1 unspecified atom stereocenters. The van der Waals surface area contributed by atoms with Gasteiger partial charge >= 0.3 is 0 Å². The van der Waals surface area contributed by atoms with Gasteiger partial charge in [0.1, 0.15) is 6.04 Å². The standard InChI is InChI=1S/C22H19N3O2/c1-25(15-23)22(27)20(24-21(26)18-8-3-2-4-9-18)14-16-11-12-17-7-5-6-10-19(17)13-16/h2-13,20H,14H2,1H3,(H,24,26). The number of amides is 2. The second-order valence-electron chi connectivity index (χ2n) is 6.27. The molecule has 0 saturated heterocycles. The Morgan fingerprint density at radius 1 is 1.00 bits per heavy atom. The van der Waals surface area contributed by atoms with Crippen LogP contribution in [0.25, 0.3) is 10.8 Å². The van der Waals surface area contributed by atoms with Crippen LogP contribution >= 0.6 is 0 Å². The molecule has 27 heavy (non-hydrogen) atoms. The number of hydrogen-bond acceptors (Lipinski definition) is 3. The van der Waals surface area contributed by atoms with E-state index in [1.165, 1.54) is 7.05 Å². The number of nitrogens with zero attached hydrogens (tertiary/aromatic N) is 2. The average molecular weight is 357 g/mol. The Bertz CT molecular complexity index is 1010. The molecule has 1 atom stereocenters. The van der Waals surface area contributed by atoms with Gasteiger partial charge in [0, 0.05) is 19.0 Å². The number of benzene rings is 3. The lowest BCUT2D eigenvalue weighted by molar-refractivity contribution is -0.129. The Balaban J connectivity index is 1.85. The fourth-order valence-electron chi connectivity index (χ4n) is 2.92. The fourth-order valence-corrected chi connectivity index (χ4v) is 2.92. The molecule has 0 radical (unpaired) electrons. The summed E-state index contributed by atoms with van der Waals surface area (Å²) in [7, 11) is 1.39. The van der Waals surface area contributed by atoms with Gasteiger partial charge in [-0.1, -0.05) is 60.7 Å². The van der Waals surface area contributed by atoms with Crippen LogP contribution in [0.5, 0.6) is 0 Å². The monoisotopic (exact) mass is 357 g/mol. The first-order chi connectivity index (χ1) is 13.1. The minimum atomic E-state index is -0.830. The lowest BCUT2D eigenvalue weighted by Gasteiger charge is -2.20. The van der Waals surface area contributed by atoms with E-state index < -0.39 is 11.9 Å². The Labute approximate surface area is 157 Å². The molecule has 0 saturated carbocycles. The van der Waals surface area contributed by atoms with E-state index in [1.54, 1.807) is 30.5 Å². The fraction of sp³-hybridized carbons (Fsp3) is 0.136. The number of fused-ring (bicyclic) bond motifs is 1. The van der Waals surface area contributed by atoms with Crippen molar-refractivity contribution in [1.82, 2.24) is 10.2 Å². The van der Waals surface area contributed by atoms with E-state index >= 15 is 0 Å². The maximum atomic E-state index is 12.6. The van der Waals surface area contributed by atoms with E-state index in [-0.39, 0.29) is 5.91 Å². The van der Waals surface area contributed by atoms with Crippen molar-refractivity contribution in [1.29, 1.82) is 5.26 Å². The van der Waals surface area contributed by atoms with Crippen LogP contribution in [-0.4, -0.2) is 29.8 Å². The van der Waals surface area contributed by atoms with Gasteiger partial charge in [-0.05, 0) is 28.5 Å². The highest BCUT2D eigenvalue weighted by molar-refractivity contribution is 5.97. The zero-order valence-corrected chi connectivity index (χ0v) is 14.9. The number of nitriles is 1. The van der Waals surface area contributed by atoms with E-state index in [1.807, 2.05) is 48.5 Å². The number of rotatable bonds is 5. The zero-order chi connectivity index (χ0) is 19.2. The maximum absolute atomic E-state index is 12.6. The Kier molecular flexibility index (Phi) is 5.48. The molecule has 2 amide bonds. The van der Waals surface area contributed by atoms with Gasteiger partial charge in [0.05, 0.1) is 0 Å². The predicted octanol–water partition coefficient (Wildman–Crippen LogP) is 3.12. The van der Waals surface area contributed by atoms with Crippen LogP contribution in [-0.2, 0) is 11.2 Å². The number of likely N-dealkylation sites (N-methyl/N-ethyl adjacent to an activating group) is 1. The molecule has 0 aromatic heterocycles. The molecule has 0 aliphatic heterocycles.